The van der Waals surface area contributed by atoms with Crippen molar-refractivity contribution in [2.24, 2.45) is 0 Å². The lowest BCUT2D eigenvalue weighted by molar-refractivity contribution is -0.0490. The molecule has 0 bridgehead atoms. The minimum atomic E-state index is -0.729. The molecule has 0 aromatic heterocycles. The van der Waals surface area contributed by atoms with Crippen molar-refractivity contribution < 1.29 is 9.47 Å². The van der Waals surface area contributed by atoms with Crippen LogP contribution in [-0.4, -0.2) is 35.1 Å². The highest BCUT2D eigenvalue weighted by atomic mass is 28.3. The summed E-state index contributed by atoms with van der Waals surface area (Å²) in [6.07, 6.45) is 8.03. The molecule has 1 aliphatic carbocycles. The molecule has 16 heavy (non-hydrogen) atoms. The topological polar surface area (TPSA) is 30.5 Å². The van der Waals surface area contributed by atoms with Gasteiger partial charge in [0.05, 0.1) is 0 Å². The summed E-state index contributed by atoms with van der Waals surface area (Å²) in [5, 5.41) is 0. The summed E-state index contributed by atoms with van der Waals surface area (Å²) in [5.74, 6) is -0.00752. The van der Waals surface area contributed by atoms with Crippen LogP contribution in [0, 0.1) is 0 Å². The summed E-state index contributed by atoms with van der Waals surface area (Å²) in [6, 6.07) is 1.93. The molecular formula is C12H26NO2Si. The summed E-state index contributed by atoms with van der Waals surface area (Å²) in [7, 11) is 2.77. The van der Waals surface area contributed by atoms with Crippen LogP contribution in [0.3, 0.4) is 0 Å². The third-order valence-electron chi connectivity index (χ3n) is 3.23. The third-order valence-corrected chi connectivity index (χ3v) is 6.08. The molecule has 0 aromatic rings. The van der Waals surface area contributed by atoms with Gasteiger partial charge in [0.25, 0.3) is 0 Å². The van der Waals surface area contributed by atoms with E-state index in [4.69, 9.17) is 9.47 Å². The van der Waals surface area contributed by atoms with E-state index in [1.54, 1.807) is 14.2 Å². The minimum absolute atomic E-state index is 0.00752. The van der Waals surface area contributed by atoms with Gasteiger partial charge in [-0.2, -0.15) is 0 Å². The van der Waals surface area contributed by atoms with E-state index in [2.05, 4.69) is 11.9 Å². The molecule has 1 fully saturated rings. The summed E-state index contributed by atoms with van der Waals surface area (Å²) < 4.78 is 10.8. The first-order valence-corrected chi connectivity index (χ1v) is 8.28. The molecule has 0 atom stereocenters. The fourth-order valence-electron chi connectivity index (χ4n) is 2.42. The molecule has 0 amide bonds. The van der Waals surface area contributed by atoms with E-state index in [1.165, 1.54) is 44.6 Å². The maximum Gasteiger partial charge on any atom is 0.203 e. The van der Waals surface area contributed by atoms with Gasteiger partial charge in [0.2, 0.25) is 8.96 Å². The molecule has 1 aliphatic rings. The van der Waals surface area contributed by atoms with Crippen molar-refractivity contribution in [3.05, 3.63) is 0 Å². The molecule has 1 radical (unpaired) electrons. The van der Waals surface area contributed by atoms with Crippen molar-refractivity contribution in [3.63, 3.8) is 0 Å². The van der Waals surface area contributed by atoms with Gasteiger partial charge in [0.1, 0.15) is 0 Å². The zero-order valence-corrected chi connectivity index (χ0v) is 11.9. The second-order valence-corrected chi connectivity index (χ2v) is 6.87. The lowest BCUT2D eigenvalue weighted by Crippen LogP contribution is -2.51. The number of nitrogens with one attached hydrogen (secondary N) is 1. The van der Waals surface area contributed by atoms with E-state index in [9.17, 15) is 0 Å². The van der Waals surface area contributed by atoms with Gasteiger partial charge < -0.3 is 14.5 Å². The predicted molar refractivity (Wildman–Crippen MR) is 68.7 cm³/mol. The number of hydrogen-bond donors (Lipinski definition) is 1. The van der Waals surface area contributed by atoms with Crippen molar-refractivity contribution in [2.75, 3.05) is 14.2 Å². The molecular weight excluding hydrogens is 218 g/mol. The molecule has 0 unspecified atom stereocenters. The highest BCUT2D eigenvalue weighted by Gasteiger charge is 2.26. The second-order valence-electron chi connectivity index (χ2n) is 4.56. The monoisotopic (exact) mass is 244 g/mol. The number of ether oxygens (including phenoxy) is 2. The molecule has 0 saturated heterocycles. The lowest BCUT2D eigenvalue weighted by Gasteiger charge is -2.30. The van der Waals surface area contributed by atoms with Gasteiger partial charge in [-0.1, -0.05) is 32.6 Å². The molecule has 0 aliphatic heterocycles. The second kappa shape index (κ2) is 8.23. The van der Waals surface area contributed by atoms with Crippen molar-refractivity contribution in [1.29, 1.82) is 0 Å². The van der Waals surface area contributed by atoms with Crippen molar-refractivity contribution >= 4 is 8.96 Å². The Morgan fingerprint density at radius 3 is 2.31 bits per heavy atom. The van der Waals surface area contributed by atoms with Crippen LogP contribution in [0.2, 0.25) is 6.04 Å². The van der Waals surface area contributed by atoms with Crippen LogP contribution in [0.4, 0.5) is 0 Å². The van der Waals surface area contributed by atoms with Gasteiger partial charge in [0.15, 0.2) is 5.91 Å². The van der Waals surface area contributed by atoms with Crippen LogP contribution in [0.1, 0.15) is 45.4 Å². The highest BCUT2D eigenvalue weighted by Crippen LogP contribution is 2.18. The molecule has 1 saturated carbocycles. The number of rotatable bonds is 7. The molecule has 3 nitrogen and oxygen atoms in total. The van der Waals surface area contributed by atoms with E-state index in [0.717, 1.165) is 0 Å². The average molecular weight is 244 g/mol. The molecule has 1 rings (SSSR count). The summed E-state index contributed by atoms with van der Waals surface area (Å²) in [6.45, 7) is 2.23. The van der Waals surface area contributed by atoms with Crippen LogP contribution in [-0.2, 0) is 9.47 Å². The van der Waals surface area contributed by atoms with Gasteiger partial charge >= 0.3 is 0 Å². The summed E-state index contributed by atoms with van der Waals surface area (Å²) in [5.41, 5.74) is 0. The predicted octanol–water partition coefficient (Wildman–Crippen LogP) is 2.47. The van der Waals surface area contributed by atoms with Crippen molar-refractivity contribution in [1.82, 2.24) is 4.98 Å². The van der Waals surface area contributed by atoms with E-state index < -0.39 is 8.96 Å². The van der Waals surface area contributed by atoms with Gasteiger partial charge in [-0.25, -0.2) is 0 Å². The first kappa shape index (κ1) is 14.2. The number of hydrogen-bond acceptors (Lipinski definition) is 3. The Balaban J connectivity index is 2.41. The molecule has 4 heteroatoms. The van der Waals surface area contributed by atoms with E-state index in [0.29, 0.717) is 6.04 Å². The Hall–Kier alpha value is 0.0969. The van der Waals surface area contributed by atoms with Gasteiger partial charge in [-0.3, -0.25) is 0 Å². The Bertz CT molecular complexity index is 170. The van der Waals surface area contributed by atoms with Crippen molar-refractivity contribution in [3.8, 4) is 0 Å². The molecule has 1 N–H and O–H groups in total. The fraction of sp³-hybridized carbons (Fsp3) is 1.00. The maximum absolute atomic E-state index is 5.42. The fourth-order valence-corrected chi connectivity index (χ4v) is 4.85. The minimum Gasteiger partial charge on any atom is -0.358 e. The Kier molecular flexibility index (Phi) is 7.28. The van der Waals surface area contributed by atoms with Gasteiger partial charge in [-0.05, 0) is 18.9 Å². The lowest BCUT2D eigenvalue weighted by atomic mass is 9.96. The smallest absolute Gasteiger partial charge is 0.203 e. The molecule has 0 spiro atoms. The van der Waals surface area contributed by atoms with Crippen LogP contribution < -0.4 is 4.98 Å². The van der Waals surface area contributed by atoms with Crippen LogP contribution in [0.5, 0.6) is 0 Å². The van der Waals surface area contributed by atoms with E-state index >= 15 is 0 Å². The molecule has 0 heterocycles. The van der Waals surface area contributed by atoms with Gasteiger partial charge in [-0.15, -0.1) is 0 Å². The largest absolute Gasteiger partial charge is 0.358 e. The van der Waals surface area contributed by atoms with Crippen LogP contribution >= 0.6 is 0 Å². The molecule has 95 valence electrons. The quantitative estimate of drug-likeness (QED) is 0.551. The van der Waals surface area contributed by atoms with E-state index in [-0.39, 0.29) is 5.91 Å². The normalized spacial score (nSPS) is 18.6. The van der Waals surface area contributed by atoms with Gasteiger partial charge in [0, 0.05) is 20.3 Å². The van der Waals surface area contributed by atoms with Crippen LogP contribution in [0.25, 0.3) is 0 Å². The zero-order valence-electron chi connectivity index (χ0n) is 10.9. The first-order valence-electron chi connectivity index (χ1n) is 6.49. The SMILES string of the molecule is CCC[Si](NC1CCCCC1)C(OC)OC. The highest BCUT2D eigenvalue weighted by molar-refractivity contribution is 6.57. The summed E-state index contributed by atoms with van der Waals surface area (Å²) in [4.78, 5) is 3.81. The maximum atomic E-state index is 5.42. The van der Waals surface area contributed by atoms with Crippen molar-refractivity contribution in [2.45, 2.75) is 63.4 Å². The Morgan fingerprint density at radius 2 is 1.81 bits per heavy atom. The number of methoxy groups -OCH3 is 2. The summed E-state index contributed by atoms with van der Waals surface area (Å²) >= 11 is 0. The first-order chi connectivity index (χ1) is 7.81. The third kappa shape index (κ3) is 4.53. The average Bonchev–Trinajstić information content (AvgIpc) is 2.32. The Morgan fingerprint density at radius 1 is 1.19 bits per heavy atom. The Labute approximate surface area is 102 Å². The zero-order chi connectivity index (χ0) is 11.8. The van der Waals surface area contributed by atoms with Crippen LogP contribution in [0.15, 0.2) is 0 Å². The molecule has 0 aromatic carbocycles. The van der Waals surface area contributed by atoms with E-state index in [1.807, 2.05) is 0 Å². The standard InChI is InChI=1S/C12H26NO2Si/c1-4-10-16(12(14-2)15-3)13-11-8-6-5-7-9-11/h11-13H,4-10H2,1-3H3.